The van der Waals surface area contributed by atoms with Crippen molar-refractivity contribution in [2.45, 2.75) is 18.9 Å². The van der Waals surface area contributed by atoms with E-state index in [0.29, 0.717) is 18.8 Å². The van der Waals surface area contributed by atoms with Crippen molar-refractivity contribution in [3.05, 3.63) is 83.3 Å². The van der Waals surface area contributed by atoms with Gasteiger partial charge >= 0.3 is 0 Å². The molecule has 0 unspecified atom stereocenters. The fraction of sp³-hybridized carbons (Fsp3) is 0.192. The standard InChI is InChI=1S/C26H23N5O/c27-21-8-9-31(15-21)26(32)25-22-12-17(6-7-23(22)29-30-25)20-11-19-10-18(13-24(19)28-14-20)16-4-2-1-3-5-16/h1-7,10-12,14,21H,8-9,13,15,27H2,(H,29,30)/t21-/m0/s1. The van der Waals surface area contributed by atoms with Crippen molar-refractivity contribution in [1.82, 2.24) is 20.1 Å². The van der Waals surface area contributed by atoms with Gasteiger partial charge in [0.15, 0.2) is 5.69 Å². The SMILES string of the molecule is N[C@H]1CCN(C(=O)c2n[nH]c3ccc(-c4cnc5c(c4)C=C(c4ccccc4)C5)cc23)C1. The van der Waals surface area contributed by atoms with Crippen LogP contribution in [0.4, 0.5) is 0 Å². The number of aromatic amines is 1. The molecule has 3 N–H and O–H groups in total. The zero-order valence-electron chi connectivity index (χ0n) is 17.6. The fourth-order valence-electron chi connectivity index (χ4n) is 4.68. The van der Waals surface area contributed by atoms with Gasteiger partial charge < -0.3 is 10.6 Å². The van der Waals surface area contributed by atoms with E-state index in [9.17, 15) is 4.79 Å². The molecule has 6 heteroatoms. The van der Waals surface area contributed by atoms with Gasteiger partial charge in [-0.15, -0.1) is 0 Å². The van der Waals surface area contributed by atoms with Crippen molar-refractivity contribution in [1.29, 1.82) is 0 Å². The van der Waals surface area contributed by atoms with Crippen molar-refractivity contribution < 1.29 is 4.79 Å². The third kappa shape index (κ3) is 3.20. The molecule has 4 aromatic rings. The molecule has 0 bridgehead atoms. The Morgan fingerprint density at radius 3 is 2.75 bits per heavy atom. The number of carbonyl (C=O) groups excluding carboxylic acids is 1. The highest BCUT2D eigenvalue weighted by molar-refractivity contribution is 6.05. The Bertz CT molecular complexity index is 1370. The number of hydrogen-bond acceptors (Lipinski definition) is 4. The predicted molar refractivity (Wildman–Crippen MR) is 126 cm³/mol. The number of allylic oxidation sites excluding steroid dienone is 1. The summed E-state index contributed by atoms with van der Waals surface area (Å²) in [5.41, 5.74) is 14.1. The van der Waals surface area contributed by atoms with Gasteiger partial charge in [0.2, 0.25) is 0 Å². The molecule has 0 saturated carbocycles. The number of pyridine rings is 1. The second-order valence-corrected chi connectivity index (χ2v) is 8.60. The molecule has 0 radical (unpaired) electrons. The number of carbonyl (C=O) groups is 1. The topological polar surface area (TPSA) is 87.9 Å². The van der Waals surface area contributed by atoms with Crippen LogP contribution in [-0.2, 0) is 6.42 Å². The maximum absolute atomic E-state index is 13.0. The first-order chi connectivity index (χ1) is 15.7. The molecule has 2 aliphatic rings. The number of benzene rings is 2. The Hall–Kier alpha value is -3.77. The third-order valence-electron chi connectivity index (χ3n) is 6.45. The summed E-state index contributed by atoms with van der Waals surface area (Å²) in [6.45, 7) is 1.26. The van der Waals surface area contributed by atoms with Crippen LogP contribution in [0.15, 0.2) is 60.8 Å². The molecule has 3 heterocycles. The van der Waals surface area contributed by atoms with Gasteiger partial charge in [0.1, 0.15) is 0 Å². The van der Waals surface area contributed by atoms with Crippen molar-refractivity contribution >= 4 is 28.5 Å². The van der Waals surface area contributed by atoms with E-state index in [-0.39, 0.29) is 11.9 Å². The van der Waals surface area contributed by atoms with E-state index in [2.05, 4.69) is 46.6 Å². The average Bonchev–Trinajstić information content (AvgIpc) is 3.56. The zero-order valence-corrected chi connectivity index (χ0v) is 17.6. The molecule has 1 amide bonds. The number of aromatic nitrogens is 3. The molecule has 2 aromatic carbocycles. The summed E-state index contributed by atoms with van der Waals surface area (Å²) < 4.78 is 0. The molecule has 2 aromatic heterocycles. The quantitative estimate of drug-likeness (QED) is 0.525. The minimum Gasteiger partial charge on any atom is -0.336 e. The molecule has 0 spiro atoms. The molecule has 6 rings (SSSR count). The van der Waals surface area contributed by atoms with Crippen LogP contribution in [0.1, 0.15) is 33.7 Å². The van der Waals surface area contributed by atoms with Gasteiger partial charge in [0, 0.05) is 42.7 Å². The first kappa shape index (κ1) is 19.0. The van der Waals surface area contributed by atoms with Gasteiger partial charge in [0.25, 0.3) is 5.91 Å². The van der Waals surface area contributed by atoms with E-state index in [0.717, 1.165) is 46.1 Å². The van der Waals surface area contributed by atoms with E-state index in [1.807, 2.05) is 30.5 Å². The minimum absolute atomic E-state index is 0.0473. The number of H-pyrrole nitrogens is 1. The Kier molecular flexibility index (Phi) is 4.40. The number of nitrogens with zero attached hydrogens (tertiary/aromatic N) is 3. The van der Waals surface area contributed by atoms with Crippen LogP contribution in [0.5, 0.6) is 0 Å². The highest BCUT2D eigenvalue weighted by atomic mass is 16.2. The summed E-state index contributed by atoms with van der Waals surface area (Å²) in [6, 6.07) is 18.7. The highest BCUT2D eigenvalue weighted by Crippen LogP contribution is 2.33. The van der Waals surface area contributed by atoms with E-state index in [1.54, 1.807) is 4.90 Å². The summed E-state index contributed by atoms with van der Waals surface area (Å²) in [7, 11) is 0. The summed E-state index contributed by atoms with van der Waals surface area (Å²) in [5, 5.41) is 8.14. The third-order valence-corrected chi connectivity index (χ3v) is 6.45. The van der Waals surface area contributed by atoms with Gasteiger partial charge in [0.05, 0.1) is 11.2 Å². The Labute approximate surface area is 185 Å². The number of hydrogen-bond donors (Lipinski definition) is 2. The highest BCUT2D eigenvalue weighted by Gasteiger charge is 2.27. The lowest BCUT2D eigenvalue weighted by molar-refractivity contribution is 0.0787. The summed E-state index contributed by atoms with van der Waals surface area (Å²) >= 11 is 0. The van der Waals surface area contributed by atoms with E-state index < -0.39 is 0 Å². The van der Waals surface area contributed by atoms with Gasteiger partial charge in [-0.1, -0.05) is 36.4 Å². The minimum atomic E-state index is -0.0659. The summed E-state index contributed by atoms with van der Waals surface area (Å²) in [6.07, 6.45) is 5.82. The van der Waals surface area contributed by atoms with E-state index >= 15 is 0 Å². The molecule has 1 aliphatic heterocycles. The van der Waals surface area contributed by atoms with E-state index in [4.69, 9.17) is 10.7 Å². The number of rotatable bonds is 3. The Morgan fingerprint density at radius 1 is 1.06 bits per heavy atom. The van der Waals surface area contributed by atoms with Crippen molar-refractivity contribution in [3.63, 3.8) is 0 Å². The van der Waals surface area contributed by atoms with Gasteiger partial charge in [-0.2, -0.15) is 5.10 Å². The second-order valence-electron chi connectivity index (χ2n) is 8.60. The molecule has 32 heavy (non-hydrogen) atoms. The number of nitrogens with one attached hydrogen (secondary N) is 1. The molecular formula is C26H23N5O. The summed E-state index contributed by atoms with van der Waals surface area (Å²) in [4.78, 5) is 19.5. The average molecular weight is 422 g/mol. The molecule has 1 fully saturated rings. The van der Waals surface area contributed by atoms with Crippen molar-refractivity contribution in [3.8, 4) is 11.1 Å². The van der Waals surface area contributed by atoms with Crippen LogP contribution in [0, 0.1) is 0 Å². The lowest BCUT2D eigenvalue weighted by atomic mass is 10.0. The lowest BCUT2D eigenvalue weighted by Gasteiger charge is -2.14. The predicted octanol–water partition coefficient (Wildman–Crippen LogP) is 3.89. The zero-order chi connectivity index (χ0) is 21.7. The van der Waals surface area contributed by atoms with Gasteiger partial charge in [-0.25, -0.2) is 0 Å². The van der Waals surface area contributed by atoms with Crippen LogP contribution in [0.25, 0.3) is 33.7 Å². The molecule has 158 valence electrons. The Balaban J connectivity index is 1.35. The molecule has 1 aliphatic carbocycles. The fourth-order valence-corrected chi connectivity index (χ4v) is 4.68. The van der Waals surface area contributed by atoms with Crippen molar-refractivity contribution in [2.75, 3.05) is 13.1 Å². The number of amides is 1. The maximum Gasteiger partial charge on any atom is 0.275 e. The normalized spacial score (nSPS) is 17.6. The monoisotopic (exact) mass is 421 g/mol. The summed E-state index contributed by atoms with van der Waals surface area (Å²) in [5.74, 6) is -0.0659. The van der Waals surface area contributed by atoms with Crippen LogP contribution < -0.4 is 5.73 Å². The van der Waals surface area contributed by atoms with E-state index in [1.165, 1.54) is 11.1 Å². The van der Waals surface area contributed by atoms with Crippen LogP contribution in [0.2, 0.25) is 0 Å². The first-order valence-corrected chi connectivity index (χ1v) is 10.9. The van der Waals surface area contributed by atoms with Crippen LogP contribution >= 0.6 is 0 Å². The molecule has 1 saturated heterocycles. The van der Waals surface area contributed by atoms with Crippen LogP contribution in [-0.4, -0.2) is 45.1 Å². The number of fused-ring (bicyclic) bond motifs is 2. The van der Waals surface area contributed by atoms with Gasteiger partial charge in [-0.3, -0.25) is 14.9 Å². The second kappa shape index (κ2) is 7.43. The first-order valence-electron chi connectivity index (χ1n) is 10.9. The Morgan fingerprint density at radius 2 is 1.94 bits per heavy atom. The number of likely N-dealkylation sites (tertiary alicyclic amines) is 1. The molecule has 1 atom stereocenters. The number of nitrogens with two attached hydrogens (primary N) is 1. The molecular weight excluding hydrogens is 398 g/mol. The molecule has 6 nitrogen and oxygen atoms in total. The smallest absolute Gasteiger partial charge is 0.275 e. The lowest BCUT2D eigenvalue weighted by Crippen LogP contribution is -2.32. The van der Waals surface area contributed by atoms with Gasteiger partial charge in [-0.05, 0) is 53.0 Å². The maximum atomic E-state index is 13.0. The van der Waals surface area contributed by atoms with Crippen molar-refractivity contribution in [2.24, 2.45) is 5.73 Å². The van der Waals surface area contributed by atoms with Crippen LogP contribution in [0.3, 0.4) is 0 Å². The largest absolute Gasteiger partial charge is 0.336 e.